The van der Waals surface area contributed by atoms with Crippen LogP contribution in [0.25, 0.3) is 10.4 Å². The van der Waals surface area contributed by atoms with Crippen LogP contribution in [0.15, 0.2) is 5.11 Å². The largest absolute Gasteiger partial charge is 0.265 e. The lowest BCUT2D eigenvalue weighted by atomic mass is 10.1. The van der Waals surface area contributed by atoms with Crippen LogP contribution < -0.4 is 0 Å². The zero-order valence-corrected chi connectivity index (χ0v) is 7.72. The third-order valence-corrected chi connectivity index (χ3v) is 1.72. The zero-order valence-electron chi connectivity index (χ0n) is 7.72. The van der Waals surface area contributed by atoms with Gasteiger partial charge < -0.3 is 0 Å². The van der Waals surface area contributed by atoms with E-state index >= 15 is 0 Å². The van der Waals surface area contributed by atoms with Crippen LogP contribution in [0.5, 0.6) is 0 Å². The van der Waals surface area contributed by atoms with Crippen LogP contribution >= 0.6 is 0 Å². The molecule has 0 N–H and O–H groups in total. The van der Waals surface area contributed by atoms with Crippen molar-refractivity contribution in [1.29, 1.82) is 0 Å². The first-order valence-electron chi connectivity index (χ1n) is 4.36. The Morgan fingerprint density at radius 1 is 1.62 bits per heavy atom. The highest BCUT2D eigenvalue weighted by molar-refractivity contribution is 4.65. The van der Waals surface area contributed by atoms with Crippen molar-refractivity contribution in [3.8, 4) is 0 Å². The molecule has 6 nitrogen and oxygen atoms in total. The summed E-state index contributed by atoms with van der Waals surface area (Å²) in [7, 11) is 0. The lowest BCUT2D eigenvalue weighted by Gasteiger charge is -2.04. The van der Waals surface area contributed by atoms with Gasteiger partial charge in [-0.25, -0.2) is 0 Å². The molecule has 1 unspecified atom stereocenters. The first kappa shape index (κ1) is 11.7. The van der Waals surface area contributed by atoms with E-state index in [0.717, 1.165) is 19.3 Å². The molecule has 1 atom stereocenters. The van der Waals surface area contributed by atoms with Crippen molar-refractivity contribution < 1.29 is 4.92 Å². The van der Waals surface area contributed by atoms with Crippen LogP contribution in [0.1, 0.15) is 32.6 Å². The lowest BCUT2D eigenvalue weighted by molar-refractivity contribution is -0.482. The minimum Gasteiger partial charge on any atom is -0.265 e. The molecule has 74 valence electrons. The SMILES string of the molecule is CCCCCC(C[N+](=O)[O-])N=[N+]=[N-]. The molecular weight excluding hydrogens is 172 g/mol. The Balaban J connectivity index is 3.80. The number of rotatable bonds is 7. The van der Waals surface area contributed by atoms with Crippen LogP contribution in [0, 0.1) is 10.1 Å². The molecule has 0 bridgehead atoms. The normalized spacial score (nSPS) is 11.8. The van der Waals surface area contributed by atoms with E-state index in [2.05, 4.69) is 16.9 Å². The highest BCUT2D eigenvalue weighted by Crippen LogP contribution is 2.07. The first-order chi connectivity index (χ1) is 6.20. The van der Waals surface area contributed by atoms with Gasteiger partial charge in [0, 0.05) is 9.84 Å². The van der Waals surface area contributed by atoms with Gasteiger partial charge in [0.2, 0.25) is 6.54 Å². The lowest BCUT2D eigenvalue weighted by Crippen LogP contribution is -2.17. The molecule has 0 saturated heterocycles. The second-order valence-corrected chi connectivity index (χ2v) is 2.87. The molecule has 0 aromatic carbocycles. The van der Waals surface area contributed by atoms with Crippen LogP contribution in [-0.4, -0.2) is 17.5 Å². The second kappa shape index (κ2) is 7.36. The summed E-state index contributed by atoms with van der Waals surface area (Å²) in [5.41, 5.74) is 8.14. The highest BCUT2D eigenvalue weighted by atomic mass is 16.6. The molecule has 0 aliphatic rings. The third kappa shape index (κ3) is 7.08. The number of nitro groups is 1. The van der Waals surface area contributed by atoms with E-state index in [1.54, 1.807) is 0 Å². The van der Waals surface area contributed by atoms with Gasteiger partial charge in [0.15, 0.2) is 0 Å². The topological polar surface area (TPSA) is 91.9 Å². The summed E-state index contributed by atoms with van der Waals surface area (Å²) in [6, 6.07) is -0.480. The van der Waals surface area contributed by atoms with E-state index in [-0.39, 0.29) is 6.54 Å². The molecule has 0 heterocycles. The van der Waals surface area contributed by atoms with Crippen LogP contribution in [0.4, 0.5) is 0 Å². The number of hydrogen-bond donors (Lipinski definition) is 0. The highest BCUT2D eigenvalue weighted by Gasteiger charge is 2.12. The van der Waals surface area contributed by atoms with Gasteiger partial charge in [0.1, 0.15) is 6.04 Å². The number of nitrogens with zero attached hydrogens (tertiary/aromatic N) is 4. The Bertz CT molecular complexity index is 201. The van der Waals surface area contributed by atoms with Gasteiger partial charge in [-0.2, -0.15) is 0 Å². The summed E-state index contributed by atoms with van der Waals surface area (Å²) in [5.74, 6) is 0. The maximum atomic E-state index is 10.1. The van der Waals surface area contributed by atoms with Crippen LogP contribution in [0.2, 0.25) is 0 Å². The predicted octanol–water partition coefficient (Wildman–Crippen LogP) is 2.52. The van der Waals surface area contributed by atoms with Crippen LogP contribution in [0.3, 0.4) is 0 Å². The van der Waals surface area contributed by atoms with Gasteiger partial charge in [-0.1, -0.05) is 31.3 Å². The molecule has 6 heteroatoms. The van der Waals surface area contributed by atoms with Crippen molar-refractivity contribution in [1.82, 2.24) is 0 Å². The number of azide groups is 1. The standard InChI is InChI=1S/C7H14N4O2/c1-2-3-4-5-7(9-10-8)6-11(12)13/h7H,2-6H2,1H3. The van der Waals surface area contributed by atoms with Crippen molar-refractivity contribution >= 4 is 0 Å². The fraction of sp³-hybridized carbons (Fsp3) is 1.00. The Labute approximate surface area is 76.7 Å². The van der Waals surface area contributed by atoms with Crippen molar-refractivity contribution in [2.45, 2.75) is 38.6 Å². The van der Waals surface area contributed by atoms with E-state index in [1.807, 2.05) is 0 Å². The van der Waals surface area contributed by atoms with Gasteiger partial charge in [-0.15, -0.1) is 0 Å². The molecule has 0 fully saturated rings. The summed E-state index contributed by atoms with van der Waals surface area (Å²) in [6.07, 6.45) is 3.57. The zero-order chi connectivity index (χ0) is 10.1. The summed E-state index contributed by atoms with van der Waals surface area (Å²) in [5, 5.41) is 13.5. The average Bonchev–Trinajstić information content (AvgIpc) is 2.04. The Morgan fingerprint density at radius 2 is 2.31 bits per heavy atom. The fourth-order valence-corrected chi connectivity index (χ4v) is 1.06. The quantitative estimate of drug-likeness (QED) is 0.152. The average molecular weight is 186 g/mol. The molecule has 0 radical (unpaired) electrons. The molecule has 13 heavy (non-hydrogen) atoms. The molecule has 0 aromatic heterocycles. The van der Waals surface area contributed by atoms with Crippen molar-refractivity contribution in [2.24, 2.45) is 5.11 Å². The maximum absolute atomic E-state index is 10.1. The number of hydrogen-bond acceptors (Lipinski definition) is 3. The van der Waals surface area contributed by atoms with Gasteiger partial charge in [0.05, 0.1) is 0 Å². The summed E-state index contributed by atoms with van der Waals surface area (Å²) in [4.78, 5) is 12.3. The molecule has 0 aromatic rings. The Hall–Kier alpha value is -1.29. The fourth-order valence-electron chi connectivity index (χ4n) is 1.06. The number of unbranched alkanes of at least 4 members (excludes halogenated alkanes) is 2. The predicted molar refractivity (Wildman–Crippen MR) is 48.9 cm³/mol. The van der Waals surface area contributed by atoms with Crippen molar-refractivity contribution in [3.63, 3.8) is 0 Å². The van der Waals surface area contributed by atoms with Crippen LogP contribution in [-0.2, 0) is 0 Å². The smallest absolute Gasteiger partial charge is 0.212 e. The van der Waals surface area contributed by atoms with E-state index in [1.165, 1.54) is 0 Å². The molecular formula is C7H14N4O2. The monoisotopic (exact) mass is 186 g/mol. The molecule has 0 aliphatic carbocycles. The van der Waals surface area contributed by atoms with Gasteiger partial charge in [0.25, 0.3) is 0 Å². The van der Waals surface area contributed by atoms with E-state index in [4.69, 9.17) is 5.53 Å². The van der Waals surface area contributed by atoms with E-state index in [0.29, 0.717) is 6.42 Å². The molecule has 0 amide bonds. The summed E-state index contributed by atoms with van der Waals surface area (Å²) >= 11 is 0. The minimum absolute atomic E-state index is 0.256. The van der Waals surface area contributed by atoms with Gasteiger partial charge in [-0.3, -0.25) is 10.1 Å². The summed E-state index contributed by atoms with van der Waals surface area (Å²) in [6.45, 7) is 1.80. The Morgan fingerprint density at radius 3 is 2.77 bits per heavy atom. The maximum Gasteiger partial charge on any atom is 0.212 e. The first-order valence-corrected chi connectivity index (χ1v) is 4.36. The van der Waals surface area contributed by atoms with Crippen molar-refractivity contribution in [3.05, 3.63) is 20.6 Å². The minimum atomic E-state index is -0.480. The van der Waals surface area contributed by atoms with Gasteiger partial charge in [-0.05, 0) is 12.0 Å². The molecule has 0 saturated carbocycles. The Kier molecular flexibility index (Phi) is 6.63. The molecule has 0 aliphatic heterocycles. The van der Waals surface area contributed by atoms with Crippen molar-refractivity contribution in [2.75, 3.05) is 6.54 Å². The van der Waals surface area contributed by atoms with Gasteiger partial charge >= 0.3 is 0 Å². The molecule has 0 rings (SSSR count). The molecule has 0 spiro atoms. The second-order valence-electron chi connectivity index (χ2n) is 2.87. The van der Waals surface area contributed by atoms with E-state index in [9.17, 15) is 10.1 Å². The summed E-state index contributed by atoms with van der Waals surface area (Å²) < 4.78 is 0. The third-order valence-electron chi connectivity index (χ3n) is 1.72. The van der Waals surface area contributed by atoms with E-state index < -0.39 is 11.0 Å².